The Balaban J connectivity index is 2.45. The molecule has 1 rings (SSSR count). The number of aryl methyl sites for hydroxylation is 2. The van der Waals surface area contributed by atoms with Gasteiger partial charge in [-0.25, -0.2) is 9.97 Å². The molecule has 98 valence electrons. The van der Waals surface area contributed by atoms with Crippen molar-refractivity contribution < 1.29 is 14.3 Å². The number of hydrogen-bond donors (Lipinski definition) is 0. The summed E-state index contributed by atoms with van der Waals surface area (Å²) in [6.07, 6.45) is -0.189. The van der Waals surface area contributed by atoms with Crippen molar-refractivity contribution in [2.45, 2.75) is 32.3 Å². The first kappa shape index (κ1) is 14.6. The second-order valence-corrected chi connectivity index (χ2v) is 4.68. The maximum atomic E-state index is 11.5. The highest BCUT2D eigenvalue weighted by Crippen LogP contribution is 2.14. The lowest BCUT2D eigenvalue weighted by Gasteiger charge is -2.03. The van der Waals surface area contributed by atoms with Crippen molar-refractivity contribution in [3.63, 3.8) is 0 Å². The fourth-order valence-corrected chi connectivity index (χ4v) is 2.14. The maximum absolute atomic E-state index is 11.5. The number of nitrogens with zero attached hydrogens (tertiary/aromatic N) is 2. The van der Waals surface area contributed by atoms with E-state index in [1.807, 2.05) is 19.9 Å². The highest BCUT2D eigenvalue weighted by molar-refractivity contribution is 7.99. The SMILES string of the molecule is CCOC(=O)CC(=O)CSc1nc(C)cc(C)n1. The highest BCUT2D eigenvalue weighted by Gasteiger charge is 2.11. The zero-order valence-corrected chi connectivity index (χ0v) is 11.5. The number of ketones is 1. The molecular weight excluding hydrogens is 252 g/mol. The Morgan fingerprint density at radius 1 is 1.28 bits per heavy atom. The molecule has 0 N–H and O–H groups in total. The molecule has 0 spiro atoms. The van der Waals surface area contributed by atoms with Crippen molar-refractivity contribution in [1.82, 2.24) is 9.97 Å². The fraction of sp³-hybridized carbons (Fsp3) is 0.500. The van der Waals surface area contributed by atoms with Gasteiger partial charge >= 0.3 is 5.97 Å². The van der Waals surface area contributed by atoms with E-state index in [1.54, 1.807) is 6.92 Å². The summed E-state index contributed by atoms with van der Waals surface area (Å²) < 4.78 is 4.70. The van der Waals surface area contributed by atoms with Crippen LogP contribution in [0.15, 0.2) is 11.2 Å². The van der Waals surface area contributed by atoms with Crippen molar-refractivity contribution in [2.75, 3.05) is 12.4 Å². The van der Waals surface area contributed by atoms with Crippen molar-refractivity contribution >= 4 is 23.5 Å². The van der Waals surface area contributed by atoms with E-state index in [4.69, 9.17) is 4.74 Å². The molecular formula is C12H16N2O3S. The standard InChI is InChI=1S/C12H16N2O3S/c1-4-17-11(16)6-10(15)7-18-12-13-8(2)5-9(3)14-12/h5H,4,6-7H2,1-3H3. The number of carbonyl (C=O) groups is 2. The predicted octanol–water partition coefficient (Wildman–Crippen LogP) is 1.71. The van der Waals surface area contributed by atoms with Gasteiger partial charge in [-0.2, -0.15) is 0 Å². The van der Waals surface area contributed by atoms with Crippen LogP contribution in [0.5, 0.6) is 0 Å². The fourth-order valence-electron chi connectivity index (χ4n) is 1.33. The maximum Gasteiger partial charge on any atom is 0.313 e. The summed E-state index contributed by atoms with van der Waals surface area (Å²) >= 11 is 1.24. The smallest absolute Gasteiger partial charge is 0.313 e. The van der Waals surface area contributed by atoms with E-state index in [-0.39, 0.29) is 18.0 Å². The first-order chi connectivity index (χ1) is 8.51. The summed E-state index contributed by atoms with van der Waals surface area (Å²) in [6, 6.07) is 1.87. The Kier molecular flexibility index (Phi) is 5.77. The lowest BCUT2D eigenvalue weighted by atomic mass is 10.3. The van der Waals surface area contributed by atoms with Crippen LogP contribution in [0.25, 0.3) is 0 Å². The van der Waals surface area contributed by atoms with Crippen LogP contribution in [0.1, 0.15) is 24.7 Å². The quantitative estimate of drug-likeness (QED) is 0.338. The Morgan fingerprint density at radius 3 is 2.44 bits per heavy atom. The zero-order chi connectivity index (χ0) is 13.5. The summed E-state index contributed by atoms with van der Waals surface area (Å²) in [5.74, 6) is -0.479. The molecule has 0 unspecified atom stereocenters. The molecule has 1 aromatic heterocycles. The number of rotatable bonds is 6. The van der Waals surface area contributed by atoms with Crippen LogP contribution in [0, 0.1) is 13.8 Å². The molecule has 1 heterocycles. The Labute approximate surface area is 110 Å². The molecule has 0 bridgehead atoms. The highest BCUT2D eigenvalue weighted by atomic mass is 32.2. The molecule has 0 radical (unpaired) electrons. The normalized spacial score (nSPS) is 10.2. The first-order valence-electron chi connectivity index (χ1n) is 5.63. The van der Waals surface area contributed by atoms with E-state index in [2.05, 4.69) is 9.97 Å². The number of aromatic nitrogens is 2. The summed E-state index contributed by atoms with van der Waals surface area (Å²) in [6.45, 7) is 5.75. The number of Topliss-reactive ketones (excluding diaryl/α,β-unsaturated/α-hetero) is 1. The van der Waals surface area contributed by atoms with Crippen LogP contribution in [0.4, 0.5) is 0 Å². The van der Waals surface area contributed by atoms with E-state index < -0.39 is 5.97 Å². The van der Waals surface area contributed by atoms with Gasteiger partial charge in [0.25, 0.3) is 0 Å². The van der Waals surface area contributed by atoms with Crippen LogP contribution in [0.3, 0.4) is 0 Å². The third kappa shape index (κ3) is 5.27. The van der Waals surface area contributed by atoms with Gasteiger partial charge in [0.05, 0.1) is 12.4 Å². The molecule has 1 aromatic rings. The number of esters is 1. The van der Waals surface area contributed by atoms with Crippen LogP contribution in [0.2, 0.25) is 0 Å². The first-order valence-corrected chi connectivity index (χ1v) is 6.62. The average molecular weight is 268 g/mol. The van der Waals surface area contributed by atoms with Crippen molar-refractivity contribution in [1.29, 1.82) is 0 Å². The van der Waals surface area contributed by atoms with Crippen LogP contribution in [-0.2, 0) is 14.3 Å². The predicted molar refractivity (Wildman–Crippen MR) is 68.5 cm³/mol. The molecule has 5 nitrogen and oxygen atoms in total. The van der Waals surface area contributed by atoms with Gasteiger partial charge in [-0.05, 0) is 26.8 Å². The molecule has 0 aliphatic heterocycles. The second-order valence-electron chi connectivity index (χ2n) is 3.74. The molecule has 0 saturated heterocycles. The van der Waals surface area contributed by atoms with E-state index in [1.165, 1.54) is 11.8 Å². The molecule has 0 amide bonds. The average Bonchev–Trinajstić information content (AvgIpc) is 2.25. The number of ether oxygens (including phenoxy) is 1. The number of hydrogen-bond acceptors (Lipinski definition) is 6. The van der Waals surface area contributed by atoms with Crippen molar-refractivity contribution in [3.8, 4) is 0 Å². The van der Waals surface area contributed by atoms with Crippen molar-refractivity contribution in [2.24, 2.45) is 0 Å². The summed E-state index contributed by atoms with van der Waals surface area (Å²) in [4.78, 5) is 31.0. The molecule has 0 aromatic carbocycles. The lowest BCUT2D eigenvalue weighted by Crippen LogP contribution is -2.13. The van der Waals surface area contributed by atoms with Gasteiger partial charge in [-0.1, -0.05) is 11.8 Å². The van der Waals surface area contributed by atoms with Gasteiger partial charge < -0.3 is 4.74 Å². The number of thioether (sulfide) groups is 1. The zero-order valence-electron chi connectivity index (χ0n) is 10.7. The minimum Gasteiger partial charge on any atom is -0.466 e. The van der Waals surface area contributed by atoms with E-state index in [0.717, 1.165) is 11.4 Å². The molecule has 0 atom stereocenters. The Hall–Kier alpha value is -1.43. The molecule has 0 fully saturated rings. The minimum absolute atomic E-state index is 0.179. The van der Waals surface area contributed by atoms with Crippen LogP contribution < -0.4 is 0 Å². The topological polar surface area (TPSA) is 69.2 Å². The Bertz CT molecular complexity index is 429. The summed E-state index contributed by atoms with van der Waals surface area (Å²) in [5.41, 5.74) is 1.73. The third-order valence-electron chi connectivity index (χ3n) is 1.97. The van der Waals surface area contributed by atoms with Gasteiger partial charge in [0.15, 0.2) is 10.9 Å². The van der Waals surface area contributed by atoms with Crippen molar-refractivity contribution in [3.05, 3.63) is 17.5 Å². The van der Waals surface area contributed by atoms with E-state index >= 15 is 0 Å². The Morgan fingerprint density at radius 2 is 1.89 bits per heavy atom. The van der Waals surface area contributed by atoms with Gasteiger partial charge in [0, 0.05) is 11.4 Å². The lowest BCUT2D eigenvalue weighted by molar-refractivity contribution is -0.145. The van der Waals surface area contributed by atoms with E-state index in [9.17, 15) is 9.59 Å². The summed E-state index contributed by atoms with van der Waals surface area (Å²) in [7, 11) is 0. The second kappa shape index (κ2) is 7.10. The molecule has 0 aliphatic rings. The summed E-state index contributed by atoms with van der Waals surface area (Å²) in [5, 5.41) is 0.560. The monoisotopic (exact) mass is 268 g/mol. The van der Waals surface area contributed by atoms with Crippen LogP contribution >= 0.6 is 11.8 Å². The number of carbonyl (C=O) groups excluding carboxylic acids is 2. The molecule has 0 saturated carbocycles. The largest absolute Gasteiger partial charge is 0.466 e. The third-order valence-corrected chi connectivity index (χ3v) is 2.88. The van der Waals surface area contributed by atoms with Gasteiger partial charge in [0.2, 0.25) is 0 Å². The van der Waals surface area contributed by atoms with Gasteiger partial charge in [-0.15, -0.1) is 0 Å². The molecule has 18 heavy (non-hydrogen) atoms. The van der Waals surface area contributed by atoms with Gasteiger partial charge in [-0.3, -0.25) is 9.59 Å². The van der Waals surface area contributed by atoms with Crippen LogP contribution in [-0.4, -0.2) is 34.1 Å². The van der Waals surface area contributed by atoms with Gasteiger partial charge in [0.1, 0.15) is 6.42 Å². The molecule has 6 heteroatoms. The van der Waals surface area contributed by atoms with E-state index in [0.29, 0.717) is 11.8 Å². The minimum atomic E-state index is -0.482. The molecule has 0 aliphatic carbocycles.